The van der Waals surface area contributed by atoms with Crippen LogP contribution in [-0.4, -0.2) is 42.1 Å². The Morgan fingerprint density at radius 3 is 2.74 bits per heavy atom. The molecule has 1 heterocycles. The van der Waals surface area contributed by atoms with E-state index in [0.717, 1.165) is 5.56 Å². The Hall–Kier alpha value is -1.39. The van der Waals surface area contributed by atoms with Crippen molar-refractivity contribution in [1.29, 1.82) is 0 Å². The zero-order valence-electron chi connectivity index (χ0n) is 11.6. The molecule has 0 radical (unpaired) electrons. The van der Waals surface area contributed by atoms with Crippen LogP contribution in [0.1, 0.15) is 19.4 Å². The fraction of sp³-hybridized carbons (Fsp3) is 0.533. The van der Waals surface area contributed by atoms with E-state index in [-0.39, 0.29) is 11.5 Å². The van der Waals surface area contributed by atoms with Crippen molar-refractivity contribution in [3.8, 4) is 0 Å². The van der Waals surface area contributed by atoms with Crippen LogP contribution in [0.15, 0.2) is 30.3 Å². The molecule has 1 amide bonds. The number of nitrogens with zero attached hydrogens (tertiary/aromatic N) is 1. The van der Waals surface area contributed by atoms with E-state index in [1.54, 1.807) is 0 Å². The van der Waals surface area contributed by atoms with Gasteiger partial charge in [-0.15, -0.1) is 0 Å². The van der Waals surface area contributed by atoms with Crippen LogP contribution < -0.4 is 5.73 Å². The number of morpholine rings is 1. The van der Waals surface area contributed by atoms with E-state index in [1.807, 2.05) is 49.1 Å². The zero-order valence-corrected chi connectivity index (χ0v) is 11.6. The molecule has 0 aromatic heterocycles. The summed E-state index contributed by atoms with van der Waals surface area (Å²) in [6.45, 7) is 5.81. The first-order chi connectivity index (χ1) is 8.98. The van der Waals surface area contributed by atoms with Crippen LogP contribution in [0.2, 0.25) is 0 Å². The summed E-state index contributed by atoms with van der Waals surface area (Å²) in [5.41, 5.74) is 6.85. The number of ether oxygens (including phenoxy) is 1. The maximum atomic E-state index is 12.3. The molecule has 1 aromatic rings. The highest BCUT2D eigenvalue weighted by Gasteiger charge is 2.31. The SMILES string of the molecule is CC1(C)CN(C(=O)C(N)Cc2ccccc2)CCO1. The van der Waals surface area contributed by atoms with Crippen molar-refractivity contribution in [2.24, 2.45) is 5.73 Å². The summed E-state index contributed by atoms with van der Waals surface area (Å²) in [5, 5.41) is 0. The Morgan fingerprint density at radius 2 is 2.11 bits per heavy atom. The summed E-state index contributed by atoms with van der Waals surface area (Å²) in [5.74, 6) is 0.0141. The summed E-state index contributed by atoms with van der Waals surface area (Å²) in [6.07, 6.45) is 0.581. The molecule has 1 aromatic carbocycles. The molecule has 2 N–H and O–H groups in total. The highest BCUT2D eigenvalue weighted by atomic mass is 16.5. The highest BCUT2D eigenvalue weighted by Crippen LogP contribution is 2.17. The Kier molecular flexibility index (Phi) is 4.22. The van der Waals surface area contributed by atoms with Crippen LogP contribution in [0.3, 0.4) is 0 Å². The first-order valence-electron chi connectivity index (χ1n) is 6.70. The fourth-order valence-corrected chi connectivity index (χ4v) is 2.39. The lowest BCUT2D eigenvalue weighted by atomic mass is 10.0. The van der Waals surface area contributed by atoms with Crippen LogP contribution >= 0.6 is 0 Å². The molecule has 0 spiro atoms. The molecular formula is C15H22N2O2. The maximum absolute atomic E-state index is 12.3. The van der Waals surface area contributed by atoms with Crippen molar-refractivity contribution in [3.63, 3.8) is 0 Å². The maximum Gasteiger partial charge on any atom is 0.240 e. The van der Waals surface area contributed by atoms with Crippen LogP contribution in [0.4, 0.5) is 0 Å². The highest BCUT2D eigenvalue weighted by molar-refractivity contribution is 5.82. The van der Waals surface area contributed by atoms with Gasteiger partial charge in [0.2, 0.25) is 5.91 Å². The Balaban J connectivity index is 1.95. The number of hydrogen-bond acceptors (Lipinski definition) is 3. The van der Waals surface area contributed by atoms with Crippen LogP contribution in [0, 0.1) is 0 Å². The van der Waals surface area contributed by atoms with Gasteiger partial charge in [0.1, 0.15) is 0 Å². The lowest BCUT2D eigenvalue weighted by Gasteiger charge is -2.39. The number of carbonyl (C=O) groups is 1. The lowest BCUT2D eigenvalue weighted by Crippen LogP contribution is -2.55. The molecule has 19 heavy (non-hydrogen) atoms. The van der Waals surface area contributed by atoms with E-state index in [9.17, 15) is 4.79 Å². The van der Waals surface area contributed by atoms with Gasteiger partial charge in [-0.3, -0.25) is 4.79 Å². The third kappa shape index (κ3) is 3.78. The van der Waals surface area contributed by atoms with E-state index >= 15 is 0 Å². The summed E-state index contributed by atoms with van der Waals surface area (Å²) >= 11 is 0. The molecule has 4 nitrogen and oxygen atoms in total. The molecule has 0 aliphatic carbocycles. The molecule has 104 valence electrons. The summed E-state index contributed by atoms with van der Waals surface area (Å²) in [7, 11) is 0. The van der Waals surface area contributed by atoms with Gasteiger partial charge in [0.25, 0.3) is 0 Å². The van der Waals surface area contributed by atoms with Gasteiger partial charge in [-0.2, -0.15) is 0 Å². The van der Waals surface area contributed by atoms with Gasteiger partial charge in [0.05, 0.1) is 18.2 Å². The first kappa shape index (κ1) is 14.0. The molecule has 0 bridgehead atoms. The fourth-order valence-electron chi connectivity index (χ4n) is 2.39. The van der Waals surface area contributed by atoms with Gasteiger partial charge in [0, 0.05) is 13.1 Å². The first-order valence-corrected chi connectivity index (χ1v) is 6.70. The number of nitrogens with two attached hydrogens (primary N) is 1. The minimum absolute atomic E-state index is 0.0141. The second-order valence-corrected chi connectivity index (χ2v) is 5.66. The molecule has 0 saturated carbocycles. The van der Waals surface area contributed by atoms with Crippen LogP contribution in [0.25, 0.3) is 0 Å². The predicted molar refractivity (Wildman–Crippen MR) is 74.7 cm³/mol. The number of rotatable bonds is 3. The van der Waals surface area contributed by atoms with E-state index in [4.69, 9.17) is 10.5 Å². The third-order valence-corrected chi connectivity index (χ3v) is 3.35. The van der Waals surface area contributed by atoms with E-state index in [1.165, 1.54) is 0 Å². The number of benzene rings is 1. The third-order valence-electron chi connectivity index (χ3n) is 3.35. The standard InChI is InChI=1S/C15H22N2O2/c1-15(2)11-17(8-9-19-15)14(18)13(16)10-12-6-4-3-5-7-12/h3-7,13H,8-11,16H2,1-2H3. The molecule has 1 unspecified atom stereocenters. The van der Waals surface area contributed by atoms with Crippen molar-refractivity contribution in [2.75, 3.05) is 19.7 Å². The van der Waals surface area contributed by atoms with Crippen molar-refractivity contribution in [3.05, 3.63) is 35.9 Å². The summed E-state index contributed by atoms with van der Waals surface area (Å²) < 4.78 is 5.61. The Labute approximate surface area is 114 Å². The number of amides is 1. The quantitative estimate of drug-likeness (QED) is 0.890. The Morgan fingerprint density at radius 1 is 1.42 bits per heavy atom. The second kappa shape index (κ2) is 5.72. The van der Waals surface area contributed by atoms with Crippen LogP contribution in [0.5, 0.6) is 0 Å². The molecule has 4 heteroatoms. The summed E-state index contributed by atoms with van der Waals surface area (Å²) in [4.78, 5) is 14.2. The summed E-state index contributed by atoms with van der Waals surface area (Å²) in [6, 6.07) is 9.40. The molecule has 1 atom stereocenters. The molecule has 1 aliphatic rings. The van der Waals surface area contributed by atoms with Crippen molar-refractivity contribution in [1.82, 2.24) is 4.90 Å². The topological polar surface area (TPSA) is 55.6 Å². The lowest BCUT2D eigenvalue weighted by molar-refractivity contribution is -0.147. The van der Waals surface area contributed by atoms with Gasteiger partial charge in [-0.05, 0) is 25.8 Å². The normalized spacial score (nSPS) is 20.1. The average molecular weight is 262 g/mol. The number of carbonyl (C=O) groups excluding carboxylic acids is 1. The largest absolute Gasteiger partial charge is 0.372 e. The monoisotopic (exact) mass is 262 g/mol. The molecule has 1 aliphatic heterocycles. The molecular weight excluding hydrogens is 240 g/mol. The van der Waals surface area contributed by atoms with Gasteiger partial charge in [-0.1, -0.05) is 30.3 Å². The molecule has 1 fully saturated rings. The van der Waals surface area contributed by atoms with E-state index in [2.05, 4.69) is 0 Å². The van der Waals surface area contributed by atoms with Crippen molar-refractivity contribution >= 4 is 5.91 Å². The Bertz CT molecular complexity index is 431. The second-order valence-electron chi connectivity index (χ2n) is 5.66. The minimum Gasteiger partial charge on any atom is -0.372 e. The van der Waals surface area contributed by atoms with Gasteiger partial charge >= 0.3 is 0 Å². The van der Waals surface area contributed by atoms with Crippen molar-refractivity contribution < 1.29 is 9.53 Å². The predicted octanol–water partition coefficient (Wildman–Crippen LogP) is 1.19. The van der Waals surface area contributed by atoms with Gasteiger partial charge in [0.15, 0.2) is 0 Å². The smallest absolute Gasteiger partial charge is 0.240 e. The van der Waals surface area contributed by atoms with E-state index < -0.39 is 6.04 Å². The van der Waals surface area contributed by atoms with Gasteiger partial charge in [-0.25, -0.2) is 0 Å². The van der Waals surface area contributed by atoms with Crippen molar-refractivity contribution in [2.45, 2.75) is 31.9 Å². The average Bonchev–Trinajstić information content (AvgIpc) is 2.38. The molecule has 1 saturated heterocycles. The minimum atomic E-state index is -0.476. The molecule has 2 rings (SSSR count). The van der Waals surface area contributed by atoms with Crippen LogP contribution in [-0.2, 0) is 16.0 Å². The zero-order chi connectivity index (χ0) is 13.9. The van der Waals surface area contributed by atoms with E-state index in [0.29, 0.717) is 26.1 Å². The van der Waals surface area contributed by atoms with Gasteiger partial charge < -0.3 is 15.4 Å². The number of hydrogen-bond donors (Lipinski definition) is 1.